The summed E-state index contributed by atoms with van der Waals surface area (Å²) in [5.74, 6) is 1.96. The number of nitrogens with one attached hydrogen (secondary N) is 1. The smallest absolute Gasteiger partial charge is 0.255 e. The lowest BCUT2D eigenvalue weighted by molar-refractivity contribution is 0.102. The van der Waals surface area contributed by atoms with Crippen LogP contribution in [0.15, 0.2) is 42.5 Å². The number of amides is 1. The summed E-state index contributed by atoms with van der Waals surface area (Å²) >= 11 is 0. The number of benzene rings is 2. The van der Waals surface area contributed by atoms with Gasteiger partial charge in [-0.2, -0.15) is 0 Å². The molecule has 25 heavy (non-hydrogen) atoms. The lowest BCUT2D eigenvalue weighted by Gasteiger charge is -2.18. The monoisotopic (exact) mass is 339 g/mol. The first-order chi connectivity index (χ1) is 12.3. The molecular weight excluding hydrogens is 318 g/mol. The fourth-order valence-corrected chi connectivity index (χ4v) is 3.20. The van der Waals surface area contributed by atoms with Gasteiger partial charge in [0.2, 0.25) is 0 Å². The summed E-state index contributed by atoms with van der Waals surface area (Å²) in [6.07, 6.45) is 5.08. The predicted molar refractivity (Wildman–Crippen MR) is 94.7 cm³/mol. The van der Waals surface area contributed by atoms with E-state index in [1.165, 1.54) is 12.8 Å². The number of hydrogen-bond acceptors (Lipinski definition) is 4. The molecule has 1 amide bonds. The van der Waals surface area contributed by atoms with E-state index in [0.29, 0.717) is 36.4 Å². The lowest BCUT2D eigenvalue weighted by atomic mass is 10.1. The van der Waals surface area contributed by atoms with Crippen molar-refractivity contribution in [3.63, 3.8) is 0 Å². The molecule has 2 aromatic rings. The van der Waals surface area contributed by atoms with E-state index in [2.05, 4.69) is 5.32 Å². The molecule has 0 atom stereocenters. The average Bonchev–Trinajstić information content (AvgIpc) is 3.16. The SMILES string of the molecule is O=C(Nc1ccc(OC2CCCC2)cc1)c1ccc2c(c1)OCCO2. The van der Waals surface area contributed by atoms with Crippen LogP contribution >= 0.6 is 0 Å². The third kappa shape index (κ3) is 3.71. The van der Waals surface area contributed by atoms with Crippen LogP contribution in [-0.4, -0.2) is 25.2 Å². The highest BCUT2D eigenvalue weighted by molar-refractivity contribution is 6.04. The Bertz CT molecular complexity index is 751. The summed E-state index contributed by atoms with van der Waals surface area (Å²) in [6.45, 7) is 1.04. The van der Waals surface area contributed by atoms with Gasteiger partial charge in [0.15, 0.2) is 11.5 Å². The Morgan fingerprint density at radius 3 is 2.44 bits per heavy atom. The first-order valence-electron chi connectivity index (χ1n) is 8.76. The van der Waals surface area contributed by atoms with Crippen molar-refractivity contribution >= 4 is 11.6 Å². The van der Waals surface area contributed by atoms with E-state index >= 15 is 0 Å². The van der Waals surface area contributed by atoms with E-state index in [0.717, 1.165) is 24.3 Å². The van der Waals surface area contributed by atoms with Crippen LogP contribution in [0.1, 0.15) is 36.0 Å². The van der Waals surface area contributed by atoms with Gasteiger partial charge in [0, 0.05) is 11.3 Å². The van der Waals surface area contributed by atoms with Crippen LogP contribution in [0, 0.1) is 0 Å². The molecule has 1 fully saturated rings. The minimum absolute atomic E-state index is 0.179. The largest absolute Gasteiger partial charge is 0.490 e. The maximum absolute atomic E-state index is 12.4. The molecule has 0 aromatic heterocycles. The number of ether oxygens (including phenoxy) is 3. The molecule has 0 radical (unpaired) electrons. The Balaban J connectivity index is 1.40. The van der Waals surface area contributed by atoms with Gasteiger partial charge < -0.3 is 19.5 Å². The van der Waals surface area contributed by atoms with Crippen molar-refractivity contribution in [2.24, 2.45) is 0 Å². The van der Waals surface area contributed by atoms with Gasteiger partial charge in [-0.25, -0.2) is 0 Å². The Kier molecular flexibility index (Phi) is 4.46. The first kappa shape index (κ1) is 15.8. The molecule has 1 aliphatic heterocycles. The van der Waals surface area contributed by atoms with Crippen molar-refractivity contribution in [3.8, 4) is 17.2 Å². The number of anilines is 1. The quantitative estimate of drug-likeness (QED) is 0.914. The van der Waals surface area contributed by atoms with Crippen LogP contribution in [0.5, 0.6) is 17.2 Å². The van der Waals surface area contributed by atoms with Gasteiger partial charge in [-0.05, 0) is 68.1 Å². The Labute approximate surface area is 146 Å². The summed E-state index contributed by atoms with van der Waals surface area (Å²) in [5.41, 5.74) is 1.27. The number of hydrogen-bond donors (Lipinski definition) is 1. The molecule has 0 unspecified atom stereocenters. The van der Waals surface area contributed by atoms with Gasteiger partial charge in [0.05, 0.1) is 6.10 Å². The maximum atomic E-state index is 12.4. The van der Waals surface area contributed by atoms with Gasteiger partial charge in [0.1, 0.15) is 19.0 Å². The van der Waals surface area contributed by atoms with E-state index in [-0.39, 0.29) is 5.91 Å². The van der Waals surface area contributed by atoms with Gasteiger partial charge in [-0.3, -0.25) is 4.79 Å². The van der Waals surface area contributed by atoms with Crippen molar-refractivity contribution in [2.75, 3.05) is 18.5 Å². The minimum Gasteiger partial charge on any atom is -0.490 e. The second-order valence-electron chi connectivity index (χ2n) is 6.36. The second kappa shape index (κ2) is 7.05. The summed E-state index contributed by atoms with van der Waals surface area (Å²) in [6, 6.07) is 12.7. The van der Waals surface area contributed by atoms with Crippen LogP contribution in [-0.2, 0) is 0 Å². The van der Waals surface area contributed by atoms with E-state index < -0.39 is 0 Å². The van der Waals surface area contributed by atoms with Crippen molar-refractivity contribution in [2.45, 2.75) is 31.8 Å². The van der Waals surface area contributed by atoms with E-state index in [4.69, 9.17) is 14.2 Å². The molecule has 1 heterocycles. The van der Waals surface area contributed by atoms with Crippen molar-refractivity contribution in [1.82, 2.24) is 0 Å². The molecule has 0 saturated heterocycles. The zero-order chi connectivity index (χ0) is 17.1. The predicted octanol–water partition coefficient (Wildman–Crippen LogP) is 4.03. The standard InChI is InChI=1S/C20H21NO4/c22-20(14-5-10-18-19(13-14)24-12-11-23-18)21-15-6-8-17(9-7-15)25-16-3-1-2-4-16/h5-10,13,16H,1-4,11-12H2,(H,21,22). The van der Waals surface area contributed by atoms with Crippen LogP contribution in [0.2, 0.25) is 0 Å². The maximum Gasteiger partial charge on any atom is 0.255 e. The fraction of sp³-hybridized carbons (Fsp3) is 0.350. The lowest BCUT2D eigenvalue weighted by Crippen LogP contribution is -2.17. The second-order valence-corrected chi connectivity index (χ2v) is 6.36. The van der Waals surface area contributed by atoms with Crippen molar-refractivity contribution in [1.29, 1.82) is 0 Å². The van der Waals surface area contributed by atoms with Crippen molar-refractivity contribution in [3.05, 3.63) is 48.0 Å². The fourth-order valence-electron chi connectivity index (χ4n) is 3.20. The molecule has 1 saturated carbocycles. The number of rotatable bonds is 4. The average molecular weight is 339 g/mol. The van der Waals surface area contributed by atoms with Crippen LogP contribution in [0.3, 0.4) is 0 Å². The molecule has 5 nitrogen and oxygen atoms in total. The summed E-state index contributed by atoms with van der Waals surface area (Å²) < 4.78 is 16.9. The van der Waals surface area contributed by atoms with Gasteiger partial charge in [-0.15, -0.1) is 0 Å². The summed E-state index contributed by atoms with van der Waals surface area (Å²) in [5, 5.41) is 2.90. The third-order valence-corrected chi connectivity index (χ3v) is 4.52. The number of carbonyl (C=O) groups excluding carboxylic acids is 1. The summed E-state index contributed by atoms with van der Waals surface area (Å²) in [7, 11) is 0. The highest BCUT2D eigenvalue weighted by Crippen LogP contribution is 2.31. The molecular formula is C20H21NO4. The number of fused-ring (bicyclic) bond motifs is 1. The molecule has 2 aliphatic rings. The van der Waals surface area contributed by atoms with Crippen LogP contribution in [0.4, 0.5) is 5.69 Å². The molecule has 1 aliphatic carbocycles. The zero-order valence-corrected chi connectivity index (χ0v) is 14.0. The third-order valence-electron chi connectivity index (χ3n) is 4.52. The number of carbonyl (C=O) groups is 1. The molecule has 0 bridgehead atoms. The Hall–Kier alpha value is -2.69. The first-order valence-corrected chi connectivity index (χ1v) is 8.76. The van der Waals surface area contributed by atoms with Crippen LogP contribution < -0.4 is 19.5 Å². The summed E-state index contributed by atoms with van der Waals surface area (Å²) in [4.78, 5) is 12.4. The molecule has 130 valence electrons. The van der Waals surface area contributed by atoms with E-state index in [1.54, 1.807) is 18.2 Å². The molecule has 2 aromatic carbocycles. The Morgan fingerprint density at radius 2 is 1.68 bits per heavy atom. The highest BCUT2D eigenvalue weighted by atomic mass is 16.6. The highest BCUT2D eigenvalue weighted by Gasteiger charge is 2.17. The van der Waals surface area contributed by atoms with E-state index in [9.17, 15) is 4.79 Å². The van der Waals surface area contributed by atoms with E-state index in [1.807, 2.05) is 24.3 Å². The normalized spacial score (nSPS) is 16.5. The van der Waals surface area contributed by atoms with Crippen LogP contribution in [0.25, 0.3) is 0 Å². The van der Waals surface area contributed by atoms with Gasteiger partial charge >= 0.3 is 0 Å². The van der Waals surface area contributed by atoms with Gasteiger partial charge in [0.25, 0.3) is 5.91 Å². The topological polar surface area (TPSA) is 56.8 Å². The zero-order valence-electron chi connectivity index (χ0n) is 14.0. The van der Waals surface area contributed by atoms with Gasteiger partial charge in [-0.1, -0.05) is 0 Å². The molecule has 5 heteroatoms. The molecule has 0 spiro atoms. The Morgan fingerprint density at radius 1 is 0.960 bits per heavy atom. The minimum atomic E-state index is -0.179. The molecule has 4 rings (SSSR count). The molecule has 1 N–H and O–H groups in total. The van der Waals surface area contributed by atoms with Crippen molar-refractivity contribution < 1.29 is 19.0 Å².